The van der Waals surface area contributed by atoms with Gasteiger partial charge >= 0.3 is 6.03 Å². The van der Waals surface area contributed by atoms with Crippen LogP contribution in [0.3, 0.4) is 0 Å². The molecule has 1 fully saturated rings. The van der Waals surface area contributed by atoms with Crippen LogP contribution in [0.25, 0.3) is 0 Å². The molecule has 1 aliphatic rings. The van der Waals surface area contributed by atoms with Crippen molar-refractivity contribution in [2.45, 2.75) is 44.4 Å². The fourth-order valence-electron chi connectivity index (χ4n) is 2.73. The van der Waals surface area contributed by atoms with Crippen molar-refractivity contribution in [3.05, 3.63) is 35.4 Å². The van der Waals surface area contributed by atoms with E-state index in [1.807, 2.05) is 38.1 Å². The Balaban J connectivity index is 2.17. The highest BCUT2D eigenvalue weighted by molar-refractivity contribution is 5.74. The summed E-state index contributed by atoms with van der Waals surface area (Å²) in [5.41, 5.74) is 2.18. The topological polar surface area (TPSA) is 81.6 Å². The molecular weight excluding hydrogens is 256 g/mol. The van der Waals surface area contributed by atoms with E-state index in [0.29, 0.717) is 13.0 Å². The normalized spacial score (nSPS) is 29.2. The summed E-state index contributed by atoms with van der Waals surface area (Å²) in [5, 5.41) is 25.4. The number of nitrogens with one attached hydrogen (secondary N) is 2. The number of hydrogen-bond acceptors (Lipinski definition) is 3. The molecule has 0 radical (unpaired) electrons. The Bertz CT molecular complexity index is 461. The third-order valence-corrected chi connectivity index (χ3v) is 3.83. The van der Waals surface area contributed by atoms with E-state index >= 15 is 0 Å². The Kier molecular flexibility index (Phi) is 4.62. The van der Waals surface area contributed by atoms with Gasteiger partial charge in [-0.1, -0.05) is 29.8 Å². The number of urea groups is 1. The zero-order valence-electron chi connectivity index (χ0n) is 11.8. The van der Waals surface area contributed by atoms with Crippen molar-refractivity contribution >= 4 is 6.03 Å². The van der Waals surface area contributed by atoms with Gasteiger partial charge in [-0.3, -0.25) is 0 Å². The van der Waals surface area contributed by atoms with Crippen LogP contribution in [0.5, 0.6) is 0 Å². The second-order valence-corrected chi connectivity index (χ2v) is 5.34. The monoisotopic (exact) mass is 278 g/mol. The number of carbonyl (C=O) groups excluding carboxylic acids is 1. The molecule has 1 aliphatic carbocycles. The lowest BCUT2D eigenvalue weighted by Gasteiger charge is -2.24. The summed E-state index contributed by atoms with van der Waals surface area (Å²) >= 11 is 0. The van der Waals surface area contributed by atoms with Crippen LogP contribution in [-0.4, -0.2) is 41.0 Å². The number of aliphatic hydroxyl groups excluding tert-OH is 2. The van der Waals surface area contributed by atoms with Crippen LogP contribution in [0, 0.1) is 6.92 Å². The smallest absolute Gasteiger partial charge is 0.315 e. The zero-order chi connectivity index (χ0) is 14.7. The third kappa shape index (κ3) is 3.11. The molecule has 0 aromatic heterocycles. The second kappa shape index (κ2) is 6.24. The predicted molar refractivity (Wildman–Crippen MR) is 76.5 cm³/mol. The fourth-order valence-corrected chi connectivity index (χ4v) is 2.73. The van der Waals surface area contributed by atoms with E-state index < -0.39 is 18.2 Å². The van der Waals surface area contributed by atoms with Crippen molar-refractivity contribution in [3.63, 3.8) is 0 Å². The maximum atomic E-state index is 11.7. The summed E-state index contributed by atoms with van der Waals surface area (Å²) in [6.45, 7) is 4.36. The summed E-state index contributed by atoms with van der Waals surface area (Å²) in [4.78, 5) is 11.7. The molecule has 4 atom stereocenters. The van der Waals surface area contributed by atoms with Gasteiger partial charge in [-0.05, 0) is 25.8 Å². The number of carbonyl (C=O) groups is 1. The summed E-state index contributed by atoms with van der Waals surface area (Å²) in [6.07, 6.45) is -1.31. The zero-order valence-corrected chi connectivity index (χ0v) is 11.8. The van der Waals surface area contributed by atoms with Crippen LogP contribution in [0.15, 0.2) is 24.3 Å². The lowest BCUT2D eigenvalue weighted by molar-refractivity contribution is 0.0319. The van der Waals surface area contributed by atoms with Gasteiger partial charge in [-0.2, -0.15) is 0 Å². The molecule has 0 unspecified atom stereocenters. The van der Waals surface area contributed by atoms with Crippen molar-refractivity contribution in [2.24, 2.45) is 0 Å². The van der Waals surface area contributed by atoms with Gasteiger partial charge < -0.3 is 20.8 Å². The molecule has 20 heavy (non-hydrogen) atoms. The van der Waals surface area contributed by atoms with Gasteiger partial charge in [-0.15, -0.1) is 0 Å². The number of rotatable bonds is 3. The quantitative estimate of drug-likeness (QED) is 0.663. The Morgan fingerprint density at radius 2 is 1.95 bits per heavy atom. The van der Waals surface area contributed by atoms with Crippen LogP contribution < -0.4 is 10.6 Å². The molecule has 110 valence electrons. The molecule has 4 N–H and O–H groups in total. The number of benzene rings is 1. The first-order chi connectivity index (χ1) is 9.52. The average molecular weight is 278 g/mol. The molecule has 5 nitrogen and oxygen atoms in total. The van der Waals surface area contributed by atoms with Crippen LogP contribution >= 0.6 is 0 Å². The number of hydrogen-bond donors (Lipinski definition) is 4. The molecule has 0 spiro atoms. The Morgan fingerprint density at radius 1 is 1.30 bits per heavy atom. The minimum absolute atomic E-state index is 0.0804. The fraction of sp³-hybridized carbons (Fsp3) is 0.533. The van der Waals surface area contributed by atoms with Gasteiger partial charge in [0, 0.05) is 12.5 Å². The molecule has 2 rings (SSSR count). The number of aryl methyl sites for hydroxylation is 1. The molecule has 0 saturated heterocycles. The van der Waals surface area contributed by atoms with E-state index in [1.54, 1.807) is 0 Å². The van der Waals surface area contributed by atoms with Crippen molar-refractivity contribution in [3.8, 4) is 0 Å². The molecule has 1 aromatic carbocycles. The van der Waals surface area contributed by atoms with E-state index in [-0.39, 0.29) is 11.9 Å². The highest BCUT2D eigenvalue weighted by atomic mass is 16.3. The lowest BCUT2D eigenvalue weighted by Crippen LogP contribution is -2.49. The van der Waals surface area contributed by atoms with Crippen molar-refractivity contribution in [1.29, 1.82) is 0 Å². The maximum absolute atomic E-state index is 11.7. The highest BCUT2D eigenvalue weighted by Gasteiger charge is 2.43. The first-order valence-electron chi connectivity index (χ1n) is 7.00. The predicted octanol–water partition coefficient (Wildman–Crippen LogP) is 0.892. The van der Waals surface area contributed by atoms with Crippen LogP contribution in [0.1, 0.15) is 30.4 Å². The summed E-state index contributed by atoms with van der Waals surface area (Å²) in [5.74, 6) is -0.0804. The molecule has 5 heteroatoms. The minimum atomic E-state index is -0.941. The van der Waals surface area contributed by atoms with E-state index in [1.165, 1.54) is 0 Å². The van der Waals surface area contributed by atoms with Crippen LogP contribution in [-0.2, 0) is 0 Å². The SMILES string of the molecule is CCNC(=O)N[C@H]1[C@H](O)[C@H](O)C[C@@H]1c1ccc(C)cc1. The molecule has 0 bridgehead atoms. The Morgan fingerprint density at radius 3 is 2.55 bits per heavy atom. The number of amides is 2. The minimum Gasteiger partial charge on any atom is -0.390 e. The van der Waals surface area contributed by atoms with E-state index in [0.717, 1.165) is 11.1 Å². The number of aliphatic hydroxyl groups is 2. The van der Waals surface area contributed by atoms with Crippen LogP contribution in [0.2, 0.25) is 0 Å². The molecule has 0 heterocycles. The van der Waals surface area contributed by atoms with Crippen molar-refractivity contribution in [2.75, 3.05) is 6.54 Å². The van der Waals surface area contributed by atoms with E-state index in [2.05, 4.69) is 10.6 Å². The van der Waals surface area contributed by atoms with E-state index in [9.17, 15) is 15.0 Å². The third-order valence-electron chi connectivity index (χ3n) is 3.83. The molecule has 1 aromatic rings. The van der Waals surface area contributed by atoms with Gasteiger partial charge in [0.05, 0.1) is 12.1 Å². The lowest BCUT2D eigenvalue weighted by atomic mass is 9.93. The Labute approximate surface area is 119 Å². The van der Waals surface area contributed by atoms with Crippen molar-refractivity contribution < 1.29 is 15.0 Å². The summed E-state index contributed by atoms with van der Waals surface area (Å²) in [7, 11) is 0. The first-order valence-corrected chi connectivity index (χ1v) is 7.00. The Hall–Kier alpha value is -1.59. The van der Waals surface area contributed by atoms with Gasteiger partial charge in [0.1, 0.15) is 6.10 Å². The summed E-state index contributed by atoms with van der Waals surface area (Å²) < 4.78 is 0. The summed E-state index contributed by atoms with van der Waals surface area (Å²) in [6, 6.07) is 7.17. The van der Waals surface area contributed by atoms with Gasteiger partial charge in [0.2, 0.25) is 0 Å². The van der Waals surface area contributed by atoms with Crippen molar-refractivity contribution in [1.82, 2.24) is 10.6 Å². The second-order valence-electron chi connectivity index (χ2n) is 5.34. The maximum Gasteiger partial charge on any atom is 0.315 e. The highest BCUT2D eigenvalue weighted by Crippen LogP contribution is 2.35. The standard InChI is InChI=1S/C15H22N2O3/c1-3-16-15(20)17-13-11(8-12(18)14(13)19)10-6-4-9(2)5-7-10/h4-7,11-14,18-19H,3,8H2,1-2H3,(H2,16,17,20)/t11-,12-,13-,14-/m1/s1. The van der Waals surface area contributed by atoms with Gasteiger partial charge in [0.25, 0.3) is 0 Å². The molecule has 2 amide bonds. The van der Waals surface area contributed by atoms with Gasteiger partial charge in [0.15, 0.2) is 0 Å². The molecule has 1 saturated carbocycles. The first kappa shape index (κ1) is 14.8. The van der Waals surface area contributed by atoms with E-state index in [4.69, 9.17) is 0 Å². The molecule has 0 aliphatic heterocycles. The van der Waals surface area contributed by atoms with Crippen LogP contribution in [0.4, 0.5) is 4.79 Å². The van der Waals surface area contributed by atoms with Gasteiger partial charge in [-0.25, -0.2) is 4.79 Å². The average Bonchev–Trinajstić information content (AvgIpc) is 2.68. The largest absolute Gasteiger partial charge is 0.390 e. The molecular formula is C15H22N2O3.